The number of rotatable bonds is 8. The van der Waals surface area contributed by atoms with E-state index < -0.39 is 0 Å². The fourth-order valence-electron chi connectivity index (χ4n) is 9.31. The Hall–Kier alpha value is -0.830. The van der Waals surface area contributed by atoms with E-state index in [0.29, 0.717) is 5.41 Å². The molecule has 33 heavy (non-hydrogen) atoms. The van der Waals surface area contributed by atoms with E-state index in [-0.39, 0.29) is 17.5 Å². The predicted molar refractivity (Wildman–Crippen MR) is 135 cm³/mol. The summed E-state index contributed by atoms with van der Waals surface area (Å²) in [6.07, 6.45) is 16.7. The molecule has 3 saturated carbocycles. The molecule has 0 amide bonds. The summed E-state index contributed by atoms with van der Waals surface area (Å²) in [6, 6.07) is 0. The fourth-order valence-corrected chi connectivity index (χ4v) is 9.31. The zero-order valence-electron chi connectivity index (χ0n) is 22.3. The maximum Gasteiger partial charge on any atom is 0.302 e. The third kappa shape index (κ3) is 4.69. The summed E-state index contributed by atoms with van der Waals surface area (Å²) < 4.78 is 11.6. The first-order valence-electron chi connectivity index (χ1n) is 14.1. The molecule has 8 atom stereocenters. The lowest BCUT2D eigenvalue weighted by atomic mass is 9.46. The van der Waals surface area contributed by atoms with Crippen molar-refractivity contribution < 1.29 is 14.3 Å². The van der Waals surface area contributed by atoms with Gasteiger partial charge in [0.2, 0.25) is 0 Å². The summed E-state index contributed by atoms with van der Waals surface area (Å²) in [5, 5.41) is 0. The molecule has 0 N–H and O–H groups in total. The van der Waals surface area contributed by atoms with E-state index in [2.05, 4.69) is 33.8 Å². The van der Waals surface area contributed by atoms with Crippen LogP contribution in [-0.4, -0.2) is 25.8 Å². The maximum atomic E-state index is 11.6. The predicted octanol–water partition coefficient (Wildman–Crippen LogP) is 7.59. The maximum absolute atomic E-state index is 11.6. The van der Waals surface area contributed by atoms with Gasteiger partial charge in [-0.3, -0.25) is 4.79 Å². The van der Waals surface area contributed by atoms with Crippen molar-refractivity contribution in [1.29, 1.82) is 0 Å². The van der Waals surface area contributed by atoms with Crippen LogP contribution in [0.4, 0.5) is 0 Å². The van der Waals surface area contributed by atoms with Crippen LogP contribution in [-0.2, 0) is 14.3 Å². The van der Waals surface area contributed by atoms with Gasteiger partial charge < -0.3 is 9.47 Å². The van der Waals surface area contributed by atoms with E-state index in [1.54, 1.807) is 12.5 Å². The molecule has 3 heteroatoms. The van der Waals surface area contributed by atoms with Crippen molar-refractivity contribution >= 4 is 5.97 Å². The topological polar surface area (TPSA) is 35.5 Å². The van der Waals surface area contributed by atoms with Crippen LogP contribution < -0.4 is 0 Å². The summed E-state index contributed by atoms with van der Waals surface area (Å²) in [4.78, 5) is 11.6. The summed E-state index contributed by atoms with van der Waals surface area (Å²) in [5.74, 6) is 4.87. The minimum absolute atomic E-state index is 0.0617. The third-order valence-corrected chi connectivity index (χ3v) is 10.7. The van der Waals surface area contributed by atoms with E-state index in [4.69, 9.17) is 9.47 Å². The molecule has 188 valence electrons. The molecule has 4 aliphatic rings. The first-order chi connectivity index (χ1) is 15.7. The number of hydrogen-bond acceptors (Lipinski definition) is 3. The summed E-state index contributed by atoms with van der Waals surface area (Å²) >= 11 is 0. The molecule has 0 aromatic rings. The number of ether oxygens (including phenoxy) is 2. The fraction of sp³-hybridized carbons (Fsp3) is 0.900. The second-order valence-electron chi connectivity index (χ2n) is 12.9. The molecule has 0 heterocycles. The van der Waals surface area contributed by atoms with Gasteiger partial charge in [0.25, 0.3) is 0 Å². The minimum Gasteiger partial charge on any atom is -0.462 e. The monoisotopic (exact) mass is 458 g/mol. The normalized spacial score (nSPS) is 41.1. The van der Waals surface area contributed by atoms with Crippen molar-refractivity contribution in [3.05, 3.63) is 11.6 Å². The second-order valence-corrected chi connectivity index (χ2v) is 12.9. The Morgan fingerprint density at radius 1 is 1.09 bits per heavy atom. The highest BCUT2D eigenvalue weighted by atomic mass is 16.5. The molecule has 0 aromatic heterocycles. The van der Waals surface area contributed by atoms with Crippen LogP contribution in [0.5, 0.6) is 0 Å². The number of methoxy groups -OCH3 is 1. The molecule has 4 aliphatic carbocycles. The molecule has 0 radical (unpaired) electrons. The number of fused-ring (bicyclic) bond motifs is 5. The Morgan fingerprint density at radius 3 is 2.58 bits per heavy atom. The van der Waals surface area contributed by atoms with Gasteiger partial charge in [0.15, 0.2) is 0 Å². The van der Waals surface area contributed by atoms with Gasteiger partial charge in [0, 0.05) is 25.9 Å². The Labute approximate surface area is 203 Å². The molecular weight excluding hydrogens is 408 g/mol. The molecule has 0 spiro atoms. The molecule has 4 rings (SSSR count). The summed E-state index contributed by atoms with van der Waals surface area (Å²) in [5.41, 5.74) is 2.24. The van der Waals surface area contributed by atoms with Gasteiger partial charge >= 0.3 is 5.97 Å². The lowest BCUT2D eigenvalue weighted by Crippen LogP contribution is -2.53. The van der Waals surface area contributed by atoms with Crippen LogP contribution in [0.2, 0.25) is 0 Å². The molecule has 3 nitrogen and oxygen atoms in total. The van der Waals surface area contributed by atoms with Crippen LogP contribution >= 0.6 is 0 Å². The van der Waals surface area contributed by atoms with Crippen LogP contribution in [0.25, 0.3) is 0 Å². The zero-order valence-corrected chi connectivity index (χ0v) is 22.3. The first-order valence-corrected chi connectivity index (χ1v) is 14.1. The lowest BCUT2D eigenvalue weighted by molar-refractivity contribution is -0.149. The van der Waals surface area contributed by atoms with E-state index in [0.717, 1.165) is 61.4 Å². The van der Waals surface area contributed by atoms with E-state index in [9.17, 15) is 4.79 Å². The van der Waals surface area contributed by atoms with Crippen LogP contribution in [0.3, 0.4) is 0 Å². The molecule has 0 unspecified atom stereocenters. The highest BCUT2D eigenvalue weighted by molar-refractivity contribution is 5.66. The molecule has 0 aromatic carbocycles. The number of carbonyl (C=O) groups is 1. The molecule has 0 saturated heterocycles. The van der Waals surface area contributed by atoms with Crippen molar-refractivity contribution in [3.8, 4) is 0 Å². The minimum atomic E-state index is -0.138. The number of hydrogen-bond donors (Lipinski definition) is 0. The van der Waals surface area contributed by atoms with Gasteiger partial charge in [0.05, 0.1) is 6.61 Å². The lowest BCUT2D eigenvalue weighted by Gasteiger charge is -2.59. The van der Waals surface area contributed by atoms with Gasteiger partial charge in [-0.05, 0) is 85.9 Å². The highest BCUT2D eigenvalue weighted by Crippen LogP contribution is 2.67. The van der Waals surface area contributed by atoms with Gasteiger partial charge in [-0.2, -0.15) is 0 Å². The quantitative estimate of drug-likeness (QED) is 0.278. The zero-order chi connectivity index (χ0) is 23.8. The molecular formula is C30H50O3. The van der Waals surface area contributed by atoms with Crippen LogP contribution in [0, 0.1) is 46.3 Å². The Balaban J connectivity index is 1.52. The average molecular weight is 459 g/mol. The Morgan fingerprint density at radius 2 is 1.88 bits per heavy atom. The first kappa shape index (κ1) is 25.3. The molecule has 0 aliphatic heterocycles. The number of allylic oxidation sites excluding steroid dienone is 1. The molecule has 0 bridgehead atoms. The molecule has 3 fully saturated rings. The third-order valence-electron chi connectivity index (χ3n) is 10.7. The largest absolute Gasteiger partial charge is 0.462 e. The van der Waals surface area contributed by atoms with E-state index in [1.165, 1.54) is 51.4 Å². The number of carbonyl (C=O) groups excluding carboxylic acids is 1. The SMILES string of the molecule is COC[C@]12CC[C@H](OC(C)=O)CC1=CC[C@@H]1[C@@H]2CC[C@]2(C)[C@@H]([C@H](C)CCCC(C)C)CC[C@@H]12. The highest BCUT2D eigenvalue weighted by Gasteiger charge is 2.60. The van der Waals surface area contributed by atoms with Gasteiger partial charge in [-0.1, -0.05) is 58.6 Å². The van der Waals surface area contributed by atoms with Crippen molar-refractivity contribution in [3.63, 3.8) is 0 Å². The van der Waals surface area contributed by atoms with Crippen molar-refractivity contribution in [2.24, 2.45) is 46.3 Å². The standard InChI is InChI=1S/C30H50O3/c1-20(2)8-7-9-21(3)26-12-13-27-25-11-10-23-18-24(33-22(4)31)14-17-30(23,19-32-6)28(25)15-16-29(26,27)5/h10,20-21,24-28H,7-9,11-19H2,1-6H3/t21-,24+,25+,26-,27+,28+,29-,30-/m1/s1. The second kappa shape index (κ2) is 10.0. The number of esters is 1. The van der Waals surface area contributed by atoms with Crippen molar-refractivity contribution in [2.45, 2.75) is 111 Å². The summed E-state index contributed by atoms with van der Waals surface area (Å²) in [7, 11) is 1.88. The van der Waals surface area contributed by atoms with Gasteiger partial charge in [-0.25, -0.2) is 0 Å². The Bertz CT molecular complexity index is 726. The van der Waals surface area contributed by atoms with Crippen molar-refractivity contribution in [1.82, 2.24) is 0 Å². The smallest absolute Gasteiger partial charge is 0.302 e. The summed E-state index contributed by atoms with van der Waals surface area (Å²) in [6.45, 7) is 12.3. The van der Waals surface area contributed by atoms with E-state index in [1.807, 2.05) is 7.11 Å². The average Bonchev–Trinajstić information content (AvgIpc) is 3.10. The van der Waals surface area contributed by atoms with Crippen LogP contribution in [0.15, 0.2) is 11.6 Å². The van der Waals surface area contributed by atoms with Crippen LogP contribution in [0.1, 0.15) is 105 Å². The van der Waals surface area contributed by atoms with Gasteiger partial charge in [-0.15, -0.1) is 0 Å². The van der Waals surface area contributed by atoms with Gasteiger partial charge in [0.1, 0.15) is 6.10 Å². The van der Waals surface area contributed by atoms with Crippen molar-refractivity contribution in [2.75, 3.05) is 13.7 Å². The Kier molecular flexibility index (Phi) is 7.68. The van der Waals surface area contributed by atoms with E-state index >= 15 is 0 Å².